The molecule has 3 rings (SSSR count). The Morgan fingerprint density at radius 2 is 1.48 bits per heavy atom. The van der Waals surface area contributed by atoms with Crippen LogP contribution in [0.4, 0.5) is 5.69 Å². The number of para-hydroxylation sites is 1. The van der Waals surface area contributed by atoms with Crippen molar-refractivity contribution in [1.82, 2.24) is 0 Å². The van der Waals surface area contributed by atoms with Crippen molar-refractivity contribution in [2.45, 2.75) is 13.0 Å². The van der Waals surface area contributed by atoms with E-state index >= 15 is 0 Å². The van der Waals surface area contributed by atoms with E-state index in [1.807, 2.05) is 18.2 Å². The lowest BCUT2D eigenvalue weighted by atomic mass is 10.0. The minimum Gasteiger partial charge on any atom is -0.377 e. The molecule has 1 nitrogen and oxygen atoms in total. The Morgan fingerprint density at radius 3 is 2.19 bits per heavy atom. The summed E-state index contributed by atoms with van der Waals surface area (Å²) in [6, 6.07) is 21.4. The van der Waals surface area contributed by atoms with E-state index in [0.717, 1.165) is 14.6 Å². The van der Waals surface area contributed by atoms with Gasteiger partial charge in [-0.3, -0.25) is 0 Å². The molecule has 0 spiro atoms. The number of benzene rings is 3. The highest BCUT2D eigenvalue weighted by molar-refractivity contribution is 9.11. The van der Waals surface area contributed by atoms with E-state index in [0.29, 0.717) is 0 Å². The first kappa shape index (κ1) is 14.6. The van der Waals surface area contributed by atoms with E-state index in [4.69, 9.17) is 0 Å². The van der Waals surface area contributed by atoms with Crippen LogP contribution in [0, 0.1) is 0 Å². The fourth-order valence-electron chi connectivity index (χ4n) is 2.41. The van der Waals surface area contributed by atoms with Crippen LogP contribution in [0.15, 0.2) is 69.6 Å². The first-order valence-corrected chi connectivity index (χ1v) is 8.43. The van der Waals surface area contributed by atoms with Gasteiger partial charge in [-0.15, -0.1) is 0 Å². The Balaban J connectivity index is 1.91. The predicted octanol–water partition coefficient (Wildman–Crippen LogP) is 6.54. The summed E-state index contributed by atoms with van der Waals surface area (Å²) in [5, 5.41) is 6.11. The number of fused-ring (bicyclic) bond motifs is 1. The van der Waals surface area contributed by atoms with Gasteiger partial charge in [0.2, 0.25) is 0 Å². The van der Waals surface area contributed by atoms with Crippen LogP contribution in [0.1, 0.15) is 18.5 Å². The van der Waals surface area contributed by atoms with Gasteiger partial charge in [0.15, 0.2) is 0 Å². The van der Waals surface area contributed by atoms with Gasteiger partial charge in [-0.05, 0) is 73.3 Å². The second-order valence-corrected chi connectivity index (χ2v) is 6.78. The van der Waals surface area contributed by atoms with Crippen LogP contribution in [-0.2, 0) is 0 Å². The molecule has 0 radical (unpaired) electrons. The van der Waals surface area contributed by atoms with Crippen molar-refractivity contribution in [3.63, 3.8) is 0 Å². The minimum atomic E-state index is 0.226. The van der Waals surface area contributed by atoms with Gasteiger partial charge in [0.05, 0.1) is 5.69 Å². The van der Waals surface area contributed by atoms with E-state index in [1.165, 1.54) is 16.3 Å². The summed E-state index contributed by atoms with van der Waals surface area (Å²) in [6.45, 7) is 2.18. The first-order valence-electron chi connectivity index (χ1n) is 6.84. The van der Waals surface area contributed by atoms with Gasteiger partial charge in [-0.2, -0.15) is 0 Å². The maximum atomic E-state index is 3.60. The zero-order chi connectivity index (χ0) is 14.8. The summed E-state index contributed by atoms with van der Waals surface area (Å²) in [7, 11) is 0. The maximum Gasteiger partial charge on any atom is 0.0633 e. The fraction of sp³-hybridized carbons (Fsp3) is 0.111. The monoisotopic (exact) mass is 403 g/mol. The molecule has 0 fully saturated rings. The van der Waals surface area contributed by atoms with Crippen molar-refractivity contribution in [3.8, 4) is 0 Å². The quantitative estimate of drug-likeness (QED) is 0.522. The lowest BCUT2D eigenvalue weighted by Crippen LogP contribution is -2.07. The highest BCUT2D eigenvalue weighted by atomic mass is 79.9. The van der Waals surface area contributed by atoms with Gasteiger partial charge in [0.25, 0.3) is 0 Å². The number of rotatable bonds is 3. The highest BCUT2D eigenvalue weighted by Gasteiger charge is 2.10. The number of nitrogens with one attached hydrogen (secondary N) is 1. The molecule has 21 heavy (non-hydrogen) atoms. The van der Waals surface area contributed by atoms with Crippen molar-refractivity contribution in [2.75, 3.05) is 5.32 Å². The molecule has 0 aliphatic rings. The third kappa shape index (κ3) is 3.14. The summed E-state index contributed by atoms with van der Waals surface area (Å²) in [5.41, 5.74) is 2.36. The Kier molecular flexibility index (Phi) is 4.32. The van der Waals surface area contributed by atoms with Gasteiger partial charge in [-0.25, -0.2) is 0 Å². The number of anilines is 1. The van der Waals surface area contributed by atoms with E-state index < -0.39 is 0 Å². The molecule has 1 unspecified atom stereocenters. The molecule has 1 atom stereocenters. The Morgan fingerprint density at radius 1 is 0.810 bits per heavy atom. The van der Waals surface area contributed by atoms with Gasteiger partial charge in [-0.1, -0.05) is 42.5 Å². The second kappa shape index (κ2) is 6.20. The third-order valence-corrected chi connectivity index (χ3v) is 4.92. The molecule has 0 aromatic heterocycles. The van der Waals surface area contributed by atoms with E-state index in [1.54, 1.807) is 0 Å². The van der Waals surface area contributed by atoms with Gasteiger partial charge < -0.3 is 5.32 Å². The fourth-order valence-corrected chi connectivity index (χ4v) is 3.64. The van der Waals surface area contributed by atoms with Crippen LogP contribution in [-0.4, -0.2) is 0 Å². The lowest BCUT2D eigenvalue weighted by molar-refractivity contribution is 0.884. The molecule has 0 amide bonds. The van der Waals surface area contributed by atoms with Crippen LogP contribution in [0.5, 0.6) is 0 Å². The largest absolute Gasteiger partial charge is 0.377 e. The number of hydrogen-bond acceptors (Lipinski definition) is 1. The molecule has 0 saturated carbocycles. The molecule has 0 heterocycles. The second-order valence-electron chi connectivity index (χ2n) is 5.07. The average molecular weight is 405 g/mol. The summed E-state index contributed by atoms with van der Waals surface area (Å²) >= 11 is 7.19. The smallest absolute Gasteiger partial charge is 0.0633 e. The molecule has 0 saturated heterocycles. The topological polar surface area (TPSA) is 12.0 Å². The lowest BCUT2D eigenvalue weighted by Gasteiger charge is -2.18. The SMILES string of the molecule is CC(Nc1c(Br)cccc1Br)c1ccc2ccccc2c1. The van der Waals surface area contributed by atoms with Gasteiger partial charge >= 0.3 is 0 Å². The zero-order valence-corrected chi connectivity index (χ0v) is 14.8. The van der Waals surface area contributed by atoms with Gasteiger partial charge in [0, 0.05) is 15.0 Å². The third-order valence-electron chi connectivity index (χ3n) is 3.60. The van der Waals surface area contributed by atoms with Crippen molar-refractivity contribution < 1.29 is 0 Å². The summed E-state index contributed by atoms with van der Waals surface area (Å²) < 4.78 is 2.12. The van der Waals surface area contributed by atoms with Crippen molar-refractivity contribution in [2.24, 2.45) is 0 Å². The average Bonchev–Trinajstić information content (AvgIpc) is 2.50. The minimum absolute atomic E-state index is 0.226. The van der Waals surface area contributed by atoms with Crippen molar-refractivity contribution in [3.05, 3.63) is 75.2 Å². The molecular formula is C18H15Br2N. The molecule has 1 N–H and O–H groups in total. The Hall–Kier alpha value is -1.32. The molecular weight excluding hydrogens is 390 g/mol. The van der Waals surface area contributed by atoms with Crippen LogP contribution in [0.25, 0.3) is 10.8 Å². The number of hydrogen-bond donors (Lipinski definition) is 1. The van der Waals surface area contributed by atoms with E-state index in [-0.39, 0.29) is 6.04 Å². The van der Waals surface area contributed by atoms with Crippen LogP contribution >= 0.6 is 31.9 Å². The standard InChI is InChI=1S/C18H15Br2N/c1-12(21-18-16(19)7-4-8-17(18)20)14-10-9-13-5-2-3-6-15(13)11-14/h2-12,21H,1H3. The zero-order valence-electron chi connectivity index (χ0n) is 11.6. The predicted molar refractivity (Wildman–Crippen MR) is 97.8 cm³/mol. The normalized spacial score (nSPS) is 12.3. The molecule has 0 bridgehead atoms. The summed E-state index contributed by atoms with van der Waals surface area (Å²) in [5.74, 6) is 0. The molecule has 106 valence electrons. The Bertz CT molecular complexity index is 763. The number of halogens is 2. The molecule has 3 aromatic carbocycles. The van der Waals surface area contributed by atoms with E-state index in [2.05, 4.69) is 86.6 Å². The highest BCUT2D eigenvalue weighted by Crippen LogP contribution is 2.33. The van der Waals surface area contributed by atoms with Crippen molar-refractivity contribution >= 4 is 48.3 Å². The molecule has 0 aliphatic carbocycles. The van der Waals surface area contributed by atoms with Gasteiger partial charge in [0.1, 0.15) is 0 Å². The van der Waals surface area contributed by atoms with Crippen LogP contribution in [0.3, 0.4) is 0 Å². The van der Waals surface area contributed by atoms with Crippen LogP contribution in [0.2, 0.25) is 0 Å². The Labute approximate surface area is 141 Å². The van der Waals surface area contributed by atoms with Crippen LogP contribution < -0.4 is 5.32 Å². The molecule has 3 heteroatoms. The summed E-state index contributed by atoms with van der Waals surface area (Å²) in [4.78, 5) is 0. The summed E-state index contributed by atoms with van der Waals surface area (Å²) in [6.07, 6.45) is 0. The first-order chi connectivity index (χ1) is 10.1. The van der Waals surface area contributed by atoms with Crippen molar-refractivity contribution in [1.29, 1.82) is 0 Å². The van der Waals surface area contributed by atoms with E-state index in [9.17, 15) is 0 Å². The maximum absolute atomic E-state index is 3.60. The molecule has 0 aliphatic heterocycles. The molecule has 3 aromatic rings.